The van der Waals surface area contributed by atoms with Gasteiger partial charge in [0.15, 0.2) is 0 Å². The molecule has 0 amide bonds. The molecule has 0 saturated carbocycles. The van der Waals surface area contributed by atoms with Gasteiger partial charge in [-0.05, 0) is 38.6 Å². The highest BCUT2D eigenvalue weighted by Gasteiger charge is 2.12. The number of rotatable bonds is 3. The second-order valence-electron chi connectivity index (χ2n) is 4.36. The lowest BCUT2D eigenvalue weighted by atomic mass is 10.1. The Balaban J connectivity index is 2.71. The Morgan fingerprint density at radius 1 is 1.38 bits per heavy atom. The van der Waals surface area contributed by atoms with Crippen molar-refractivity contribution in [1.29, 1.82) is 0 Å². The van der Waals surface area contributed by atoms with E-state index in [0.717, 1.165) is 23.0 Å². The fraction of sp³-hybridized carbons (Fsp3) is 0.385. The van der Waals surface area contributed by atoms with E-state index in [1.165, 1.54) is 0 Å². The molecule has 1 heterocycles. The number of aromatic nitrogens is 1. The minimum atomic E-state index is 0.363. The van der Waals surface area contributed by atoms with Crippen LogP contribution in [-0.2, 0) is 6.54 Å². The Labute approximate surface area is 95.7 Å². The third kappa shape index (κ3) is 1.67. The molecule has 2 rings (SSSR count). The molecule has 86 valence electrons. The van der Waals surface area contributed by atoms with Gasteiger partial charge in [0, 0.05) is 24.2 Å². The van der Waals surface area contributed by atoms with Crippen molar-refractivity contribution in [1.82, 2.24) is 9.88 Å². The monoisotopic (exact) mass is 218 g/mol. The number of fused-ring (bicyclic) bond motifs is 1. The molecule has 16 heavy (non-hydrogen) atoms. The molecule has 0 radical (unpaired) electrons. The third-order valence-corrected chi connectivity index (χ3v) is 2.84. The summed E-state index contributed by atoms with van der Waals surface area (Å²) in [5.74, 6) is 0.363. The van der Waals surface area contributed by atoms with E-state index in [2.05, 4.69) is 29.9 Å². The zero-order valence-corrected chi connectivity index (χ0v) is 9.99. The summed E-state index contributed by atoms with van der Waals surface area (Å²) in [4.78, 5) is 0. The van der Waals surface area contributed by atoms with Crippen LogP contribution in [0.15, 0.2) is 24.4 Å². The van der Waals surface area contributed by atoms with Crippen LogP contribution in [0.2, 0.25) is 0 Å². The van der Waals surface area contributed by atoms with Crippen LogP contribution >= 0.6 is 0 Å². The number of hydrogen-bond donors (Lipinski definition) is 2. The molecule has 0 saturated heterocycles. The number of phenols is 1. The average Bonchev–Trinajstić information content (AvgIpc) is 2.59. The lowest BCUT2D eigenvalue weighted by Gasteiger charge is -2.08. The summed E-state index contributed by atoms with van der Waals surface area (Å²) in [5, 5.41) is 14.0. The summed E-state index contributed by atoms with van der Waals surface area (Å²) in [6.07, 6.45) is 2.12. The molecule has 0 spiro atoms. The van der Waals surface area contributed by atoms with Crippen molar-refractivity contribution in [2.75, 3.05) is 7.05 Å². The fourth-order valence-electron chi connectivity index (χ4n) is 2.13. The molecular formula is C13H18N2O. The maximum atomic E-state index is 9.93. The van der Waals surface area contributed by atoms with Gasteiger partial charge in [-0.2, -0.15) is 0 Å². The van der Waals surface area contributed by atoms with E-state index in [4.69, 9.17) is 0 Å². The van der Waals surface area contributed by atoms with Gasteiger partial charge in [0.25, 0.3) is 0 Å². The molecule has 3 heteroatoms. The zero-order valence-electron chi connectivity index (χ0n) is 9.99. The Bertz CT molecular complexity index is 500. The van der Waals surface area contributed by atoms with E-state index in [1.54, 1.807) is 6.07 Å². The van der Waals surface area contributed by atoms with Crippen molar-refractivity contribution in [2.24, 2.45) is 0 Å². The standard InChI is InChI=1S/C13H18N2O/c1-9(2)15-8-10(7-14-3)13-11(15)5-4-6-12(13)16/h4-6,8-9,14,16H,7H2,1-3H3. The molecule has 0 atom stereocenters. The summed E-state index contributed by atoms with van der Waals surface area (Å²) in [6.45, 7) is 5.06. The smallest absolute Gasteiger partial charge is 0.125 e. The molecule has 0 fully saturated rings. The Morgan fingerprint density at radius 3 is 2.75 bits per heavy atom. The maximum Gasteiger partial charge on any atom is 0.125 e. The Hall–Kier alpha value is -1.48. The molecule has 2 aromatic rings. The minimum Gasteiger partial charge on any atom is -0.507 e. The average molecular weight is 218 g/mol. The second-order valence-corrected chi connectivity index (χ2v) is 4.36. The normalized spacial score (nSPS) is 11.5. The van der Waals surface area contributed by atoms with E-state index in [9.17, 15) is 5.11 Å². The third-order valence-electron chi connectivity index (χ3n) is 2.84. The van der Waals surface area contributed by atoms with E-state index < -0.39 is 0 Å². The number of hydrogen-bond acceptors (Lipinski definition) is 2. The van der Waals surface area contributed by atoms with E-state index in [0.29, 0.717) is 11.8 Å². The number of phenolic OH excluding ortho intramolecular Hbond substituents is 1. The van der Waals surface area contributed by atoms with Crippen LogP contribution in [0.4, 0.5) is 0 Å². The number of nitrogens with zero attached hydrogens (tertiary/aromatic N) is 1. The number of aromatic hydroxyl groups is 1. The van der Waals surface area contributed by atoms with Gasteiger partial charge in [0.1, 0.15) is 5.75 Å². The molecule has 3 nitrogen and oxygen atoms in total. The predicted molar refractivity (Wildman–Crippen MR) is 66.8 cm³/mol. The molecule has 1 aromatic heterocycles. The van der Waals surface area contributed by atoms with Crippen molar-refractivity contribution in [2.45, 2.75) is 26.4 Å². The predicted octanol–water partition coefficient (Wildman–Crippen LogP) is 2.65. The molecule has 0 bridgehead atoms. The molecule has 1 aromatic carbocycles. The summed E-state index contributed by atoms with van der Waals surface area (Å²) >= 11 is 0. The number of nitrogens with one attached hydrogen (secondary N) is 1. The zero-order chi connectivity index (χ0) is 11.7. The molecule has 2 N–H and O–H groups in total. The highest BCUT2D eigenvalue weighted by Crippen LogP contribution is 2.31. The van der Waals surface area contributed by atoms with Crippen LogP contribution < -0.4 is 5.32 Å². The largest absolute Gasteiger partial charge is 0.507 e. The quantitative estimate of drug-likeness (QED) is 0.831. The van der Waals surface area contributed by atoms with Gasteiger partial charge in [-0.1, -0.05) is 6.07 Å². The van der Waals surface area contributed by atoms with Crippen LogP contribution in [0.25, 0.3) is 10.9 Å². The molecular weight excluding hydrogens is 200 g/mol. The second kappa shape index (κ2) is 4.18. The van der Waals surface area contributed by atoms with Crippen LogP contribution in [0, 0.1) is 0 Å². The van der Waals surface area contributed by atoms with Crippen LogP contribution in [-0.4, -0.2) is 16.7 Å². The SMILES string of the molecule is CNCc1cn(C(C)C)c2cccc(O)c12. The molecule has 0 aliphatic heterocycles. The topological polar surface area (TPSA) is 37.2 Å². The molecule has 0 unspecified atom stereocenters. The first-order valence-electron chi connectivity index (χ1n) is 5.61. The van der Waals surface area contributed by atoms with Gasteiger partial charge in [-0.25, -0.2) is 0 Å². The van der Waals surface area contributed by atoms with Crippen LogP contribution in [0.5, 0.6) is 5.75 Å². The summed E-state index contributed by atoms with van der Waals surface area (Å²) in [5.41, 5.74) is 2.24. The van der Waals surface area contributed by atoms with Crippen molar-refractivity contribution in [3.63, 3.8) is 0 Å². The summed E-state index contributed by atoms with van der Waals surface area (Å²) < 4.78 is 2.20. The van der Waals surface area contributed by atoms with E-state index in [-0.39, 0.29) is 0 Å². The Kier molecular flexibility index (Phi) is 2.88. The van der Waals surface area contributed by atoms with E-state index in [1.807, 2.05) is 19.2 Å². The van der Waals surface area contributed by atoms with Gasteiger partial charge in [0.05, 0.1) is 5.52 Å². The first kappa shape index (κ1) is 11.0. The fourth-order valence-corrected chi connectivity index (χ4v) is 2.13. The highest BCUT2D eigenvalue weighted by atomic mass is 16.3. The van der Waals surface area contributed by atoms with Crippen molar-refractivity contribution in [3.05, 3.63) is 30.0 Å². The lowest BCUT2D eigenvalue weighted by Crippen LogP contribution is -2.04. The van der Waals surface area contributed by atoms with Crippen LogP contribution in [0.1, 0.15) is 25.5 Å². The first-order chi connectivity index (χ1) is 7.65. The highest BCUT2D eigenvalue weighted by molar-refractivity contribution is 5.89. The van der Waals surface area contributed by atoms with Gasteiger partial charge >= 0.3 is 0 Å². The maximum absolute atomic E-state index is 9.93. The lowest BCUT2D eigenvalue weighted by molar-refractivity contribution is 0.481. The van der Waals surface area contributed by atoms with Gasteiger partial charge < -0.3 is 15.0 Å². The van der Waals surface area contributed by atoms with Crippen molar-refractivity contribution >= 4 is 10.9 Å². The van der Waals surface area contributed by atoms with Gasteiger partial charge in [0.2, 0.25) is 0 Å². The summed E-state index contributed by atoms with van der Waals surface area (Å²) in [7, 11) is 1.92. The molecule has 0 aliphatic carbocycles. The minimum absolute atomic E-state index is 0.363. The number of benzene rings is 1. The van der Waals surface area contributed by atoms with Crippen molar-refractivity contribution in [3.8, 4) is 5.75 Å². The van der Waals surface area contributed by atoms with Gasteiger partial charge in [-0.3, -0.25) is 0 Å². The van der Waals surface area contributed by atoms with E-state index >= 15 is 0 Å². The van der Waals surface area contributed by atoms with Crippen LogP contribution in [0.3, 0.4) is 0 Å². The Morgan fingerprint density at radius 2 is 2.12 bits per heavy atom. The first-order valence-corrected chi connectivity index (χ1v) is 5.61. The summed E-state index contributed by atoms with van der Waals surface area (Å²) in [6, 6.07) is 6.08. The van der Waals surface area contributed by atoms with Crippen molar-refractivity contribution < 1.29 is 5.11 Å². The molecule has 0 aliphatic rings. The van der Waals surface area contributed by atoms with Gasteiger partial charge in [-0.15, -0.1) is 0 Å².